The van der Waals surface area contributed by atoms with Crippen LogP contribution in [-0.2, 0) is 9.84 Å². The molecule has 16 heavy (non-hydrogen) atoms. The molecular formula is C8H7ClF3NO2S. The molecule has 0 aromatic heterocycles. The standard InChI is InChI=1S/C8H7ClF3NO2S/c1-13-7-4-5(2-3-6(7)9)16(14,15)8(10,11)12/h2-4,13H,1H3. The molecule has 1 N–H and O–H groups in total. The summed E-state index contributed by atoms with van der Waals surface area (Å²) in [5.74, 6) is 0. The van der Waals surface area contributed by atoms with E-state index in [1.165, 1.54) is 7.05 Å². The monoisotopic (exact) mass is 273 g/mol. The van der Waals surface area contributed by atoms with Crippen molar-refractivity contribution in [2.45, 2.75) is 10.4 Å². The van der Waals surface area contributed by atoms with E-state index < -0.39 is 20.2 Å². The number of sulfone groups is 1. The first-order valence-electron chi connectivity index (χ1n) is 3.99. The topological polar surface area (TPSA) is 46.2 Å². The van der Waals surface area contributed by atoms with Crippen LogP contribution >= 0.6 is 11.6 Å². The molecule has 0 aliphatic rings. The van der Waals surface area contributed by atoms with Crippen molar-refractivity contribution in [1.82, 2.24) is 0 Å². The van der Waals surface area contributed by atoms with Crippen molar-refractivity contribution in [2.24, 2.45) is 0 Å². The normalized spacial score (nSPS) is 12.6. The maximum Gasteiger partial charge on any atom is 0.501 e. The average molecular weight is 274 g/mol. The highest BCUT2D eigenvalue weighted by Gasteiger charge is 2.46. The highest BCUT2D eigenvalue weighted by molar-refractivity contribution is 7.92. The van der Waals surface area contributed by atoms with Crippen LogP contribution in [-0.4, -0.2) is 21.0 Å². The summed E-state index contributed by atoms with van der Waals surface area (Å²) in [6, 6.07) is 2.74. The van der Waals surface area contributed by atoms with Crippen molar-refractivity contribution < 1.29 is 21.6 Å². The molecule has 0 fully saturated rings. The van der Waals surface area contributed by atoms with E-state index in [1.807, 2.05) is 0 Å². The van der Waals surface area contributed by atoms with Crippen LogP contribution in [0.5, 0.6) is 0 Å². The van der Waals surface area contributed by atoms with Gasteiger partial charge in [0.2, 0.25) is 0 Å². The predicted octanol–water partition coefficient (Wildman–Crippen LogP) is 2.68. The maximum atomic E-state index is 12.2. The van der Waals surface area contributed by atoms with Gasteiger partial charge in [-0.3, -0.25) is 0 Å². The first kappa shape index (κ1) is 13.1. The summed E-state index contributed by atoms with van der Waals surface area (Å²) in [5.41, 5.74) is -5.20. The third kappa shape index (κ3) is 2.25. The molecule has 0 saturated carbocycles. The van der Waals surface area contributed by atoms with Crippen molar-refractivity contribution in [3.05, 3.63) is 23.2 Å². The van der Waals surface area contributed by atoms with Crippen LogP contribution < -0.4 is 5.32 Å². The van der Waals surface area contributed by atoms with Gasteiger partial charge in [0.25, 0.3) is 9.84 Å². The third-order valence-corrected chi connectivity index (χ3v) is 3.64. The Morgan fingerprint density at radius 1 is 1.31 bits per heavy atom. The Kier molecular flexibility index (Phi) is 3.39. The van der Waals surface area contributed by atoms with E-state index in [9.17, 15) is 21.6 Å². The van der Waals surface area contributed by atoms with Crippen LogP contribution in [0.25, 0.3) is 0 Å². The summed E-state index contributed by atoms with van der Waals surface area (Å²) >= 11 is 5.62. The highest BCUT2D eigenvalue weighted by Crippen LogP contribution is 2.33. The highest BCUT2D eigenvalue weighted by atomic mass is 35.5. The van der Waals surface area contributed by atoms with Gasteiger partial charge in [-0.15, -0.1) is 0 Å². The van der Waals surface area contributed by atoms with Gasteiger partial charge >= 0.3 is 5.51 Å². The minimum atomic E-state index is -5.32. The van der Waals surface area contributed by atoms with Crippen LogP contribution in [0.4, 0.5) is 18.9 Å². The Hall–Kier alpha value is -0.950. The van der Waals surface area contributed by atoms with Crippen molar-refractivity contribution in [3.63, 3.8) is 0 Å². The summed E-state index contributed by atoms with van der Waals surface area (Å²) in [5, 5.41) is 2.64. The Bertz CT molecular complexity index is 498. The molecule has 0 bridgehead atoms. The summed E-state index contributed by atoms with van der Waals surface area (Å²) in [6.07, 6.45) is 0. The van der Waals surface area contributed by atoms with E-state index in [4.69, 9.17) is 11.6 Å². The zero-order valence-corrected chi connectivity index (χ0v) is 9.54. The second-order valence-corrected chi connectivity index (χ2v) is 5.19. The summed E-state index contributed by atoms with van der Waals surface area (Å²) in [6.45, 7) is 0. The van der Waals surface area contributed by atoms with Gasteiger partial charge < -0.3 is 5.32 Å². The van der Waals surface area contributed by atoms with E-state index in [1.54, 1.807) is 0 Å². The molecule has 0 atom stereocenters. The molecule has 90 valence electrons. The van der Waals surface area contributed by atoms with Crippen LogP contribution in [0, 0.1) is 0 Å². The molecule has 0 aliphatic heterocycles. The molecule has 1 aromatic rings. The van der Waals surface area contributed by atoms with Gasteiger partial charge in [-0.2, -0.15) is 13.2 Å². The van der Waals surface area contributed by atoms with Crippen molar-refractivity contribution >= 4 is 27.1 Å². The molecule has 0 amide bonds. The first-order valence-corrected chi connectivity index (χ1v) is 5.85. The molecule has 1 rings (SSSR count). The van der Waals surface area contributed by atoms with Gasteiger partial charge in [-0.05, 0) is 18.2 Å². The van der Waals surface area contributed by atoms with Gasteiger partial charge in [-0.25, -0.2) is 8.42 Å². The molecule has 0 unspecified atom stereocenters. The molecular weight excluding hydrogens is 267 g/mol. The zero-order chi connectivity index (χ0) is 12.6. The number of hydrogen-bond acceptors (Lipinski definition) is 3. The summed E-state index contributed by atoms with van der Waals surface area (Å²) in [4.78, 5) is -0.839. The fourth-order valence-electron chi connectivity index (χ4n) is 0.997. The first-order chi connectivity index (χ1) is 7.20. The number of nitrogens with one attached hydrogen (secondary N) is 1. The maximum absolute atomic E-state index is 12.2. The van der Waals surface area contributed by atoms with Gasteiger partial charge in [0, 0.05) is 7.05 Å². The van der Waals surface area contributed by atoms with Crippen molar-refractivity contribution in [2.75, 3.05) is 12.4 Å². The van der Waals surface area contributed by atoms with Crippen molar-refractivity contribution in [3.8, 4) is 0 Å². The Labute approximate surface area is 95.1 Å². The molecule has 0 aliphatic carbocycles. The molecule has 1 aromatic carbocycles. The van der Waals surface area contributed by atoms with E-state index in [-0.39, 0.29) is 10.7 Å². The number of anilines is 1. The second kappa shape index (κ2) is 4.14. The molecule has 0 heterocycles. The van der Waals surface area contributed by atoms with E-state index >= 15 is 0 Å². The number of hydrogen-bond donors (Lipinski definition) is 1. The minimum Gasteiger partial charge on any atom is -0.387 e. The second-order valence-electron chi connectivity index (χ2n) is 2.84. The zero-order valence-electron chi connectivity index (χ0n) is 7.97. The quantitative estimate of drug-likeness (QED) is 0.901. The minimum absolute atomic E-state index is 0.118. The SMILES string of the molecule is CNc1cc(S(=O)(=O)C(F)(F)F)ccc1Cl. The van der Waals surface area contributed by atoms with E-state index in [0.29, 0.717) is 0 Å². The van der Waals surface area contributed by atoms with Crippen LogP contribution in [0.1, 0.15) is 0 Å². The molecule has 0 radical (unpaired) electrons. The molecule has 8 heteroatoms. The Morgan fingerprint density at radius 3 is 2.31 bits per heavy atom. The Morgan fingerprint density at radius 2 is 1.88 bits per heavy atom. The van der Waals surface area contributed by atoms with Crippen LogP contribution in [0.3, 0.4) is 0 Å². The number of halogens is 4. The molecule has 0 saturated heterocycles. The lowest BCUT2D eigenvalue weighted by molar-refractivity contribution is -0.0435. The van der Waals surface area contributed by atoms with Crippen LogP contribution in [0.15, 0.2) is 23.1 Å². The number of alkyl halides is 3. The smallest absolute Gasteiger partial charge is 0.387 e. The van der Waals surface area contributed by atoms with Crippen LogP contribution in [0.2, 0.25) is 5.02 Å². The number of benzene rings is 1. The summed E-state index contributed by atoms with van der Waals surface area (Å²) in [7, 11) is -3.90. The molecule has 3 nitrogen and oxygen atoms in total. The average Bonchev–Trinajstić information content (AvgIpc) is 2.16. The van der Waals surface area contributed by atoms with E-state index in [2.05, 4.69) is 5.32 Å². The van der Waals surface area contributed by atoms with Gasteiger partial charge in [0.15, 0.2) is 0 Å². The lowest BCUT2D eigenvalue weighted by Crippen LogP contribution is -2.23. The third-order valence-electron chi connectivity index (χ3n) is 1.82. The fraction of sp³-hybridized carbons (Fsp3) is 0.250. The van der Waals surface area contributed by atoms with Crippen molar-refractivity contribution in [1.29, 1.82) is 0 Å². The van der Waals surface area contributed by atoms with E-state index in [0.717, 1.165) is 18.2 Å². The lowest BCUT2D eigenvalue weighted by Gasteiger charge is -2.10. The Balaban J connectivity index is 3.36. The van der Waals surface area contributed by atoms with Gasteiger partial charge in [0.05, 0.1) is 15.6 Å². The molecule has 0 spiro atoms. The van der Waals surface area contributed by atoms with Gasteiger partial charge in [0.1, 0.15) is 0 Å². The fourth-order valence-corrected chi connectivity index (χ4v) is 2.00. The lowest BCUT2D eigenvalue weighted by atomic mass is 10.3. The van der Waals surface area contributed by atoms with Gasteiger partial charge in [-0.1, -0.05) is 11.6 Å². The summed E-state index contributed by atoms with van der Waals surface area (Å²) < 4.78 is 58.7. The predicted molar refractivity (Wildman–Crippen MR) is 54.2 cm³/mol. The largest absolute Gasteiger partial charge is 0.501 e. The number of rotatable bonds is 2.